The molecule has 0 aliphatic rings. The number of benzene rings is 4. The second kappa shape index (κ2) is 13.0. The molecule has 0 saturated carbocycles. The first kappa shape index (κ1) is 24.4. The number of hydrogen-bond acceptors (Lipinski definition) is 3. The molecule has 3 aromatic heterocycles. The molecule has 0 aliphatic carbocycles. The predicted octanol–water partition coefficient (Wildman–Crippen LogP) is 10.1. The molecule has 3 heterocycles. The van der Waals surface area contributed by atoms with Gasteiger partial charge < -0.3 is 14.4 Å². The van der Waals surface area contributed by atoms with Gasteiger partial charge in [0.25, 0.3) is 0 Å². The van der Waals surface area contributed by atoms with Crippen molar-refractivity contribution < 1.29 is 32.7 Å². The Kier molecular flexibility index (Phi) is 7.21. The van der Waals surface area contributed by atoms with Gasteiger partial charge in [0.2, 0.25) is 0 Å². The Labute approximate surface area is 283 Å². The number of furan rings is 1. The molecule has 0 saturated heterocycles. The van der Waals surface area contributed by atoms with Crippen molar-refractivity contribution >= 4 is 46.0 Å². The van der Waals surface area contributed by atoms with Gasteiger partial charge in [-0.15, -0.1) is 54.1 Å². The molecule has 0 amide bonds. The van der Waals surface area contributed by atoms with Gasteiger partial charge in [-0.05, 0) is 58.3 Å². The zero-order valence-electron chi connectivity index (χ0n) is 31.3. The Bertz CT molecular complexity index is 2330. The summed E-state index contributed by atoms with van der Waals surface area (Å²) in [5.74, 6) is -0.609. The first-order valence-corrected chi connectivity index (χ1v) is 17.8. The van der Waals surface area contributed by atoms with Crippen molar-refractivity contribution in [1.29, 1.82) is 0 Å². The van der Waals surface area contributed by atoms with E-state index in [0.29, 0.717) is 16.7 Å². The van der Waals surface area contributed by atoms with Gasteiger partial charge in [-0.3, -0.25) is 0 Å². The molecule has 7 aromatic rings. The molecule has 3 nitrogen and oxygen atoms in total. The average Bonchev–Trinajstić information content (AvgIpc) is 3.41. The van der Waals surface area contributed by atoms with Crippen LogP contribution >= 0.6 is 0 Å². The third-order valence-electron chi connectivity index (χ3n) is 7.44. The standard InChI is InChI=1S/C22H14NO.C17H22NSi.Ir/c1-14-9-10-23-20(11-14)18-8-4-7-17-19-12-15-5-2-3-6-16(15)13-21(19)24-22(17)18;1-13(2)15-11-16(14-9-7-6-8-10-14)18-12-17(15)19(3,4)5;/h2-7,9-13H,1H3;6-9,11-13H,1-5H3;/q2*-1;/i1D3,9D,10D;13D;. The van der Waals surface area contributed by atoms with Crippen LogP contribution in [-0.2, 0) is 20.1 Å². The summed E-state index contributed by atoms with van der Waals surface area (Å²) in [4.78, 5) is 8.74. The van der Waals surface area contributed by atoms with E-state index in [1.165, 1.54) is 11.3 Å². The van der Waals surface area contributed by atoms with E-state index in [0.717, 1.165) is 38.4 Å². The van der Waals surface area contributed by atoms with Crippen molar-refractivity contribution in [3.05, 3.63) is 127 Å². The van der Waals surface area contributed by atoms with Crippen LogP contribution in [0.1, 0.15) is 39.1 Å². The Morgan fingerprint density at radius 1 is 0.864 bits per heavy atom. The molecule has 0 fully saturated rings. The van der Waals surface area contributed by atoms with Crippen LogP contribution in [0.3, 0.4) is 0 Å². The molecule has 0 unspecified atom stereocenters. The van der Waals surface area contributed by atoms with E-state index in [1.54, 1.807) is 6.07 Å². The Balaban J connectivity index is 0.000000204. The normalized spacial score (nSPS) is 13.9. The number of pyridine rings is 2. The maximum atomic E-state index is 8.44. The largest absolute Gasteiger partial charge is 0.501 e. The molecule has 223 valence electrons. The van der Waals surface area contributed by atoms with Crippen LogP contribution in [0, 0.1) is 19.0 Å². The average molecular weight is 775 g/mol. The van der Waals surface area contributed by atoms with Crippen LogP contribution in [0.2, 0.25) is 19.6 Å². The molecule has 5 heteroatoms. The smallest absolute Gasteiger partial charge is 0.121 e. The van der Waals surface area contributed by atoms with Crippen LogP contribution in [0.25, 0.3) is 55.2 Å². The molecular formula is C39H36IrN2OSi-2. The van der Waals surface area contributed by atoms with E-state index < -0.39 is 26.9 Å². The summed E-state index contributed by atoms with van der Waals surface area (Å²) in [6, 6.07) is 32.8. The van der Waals surface area contributed by atoms with Crippen molar-refractivity contribution in [1.82, 2.24) is 9.97 Å². The number of fused-ring (bicyclic) bond motifs is 4. The van der Waals surface area contributed by atoms with Crippen LogP contribution in [0.15, 0.2) is 108 Å². The van der Waals surface area contributed by atoms with E-state index in [4.69, 9.17) is 12.6 Å². The van der Waals surface area contributed by atoms with E-state index in [-0.39, 0.29) is 37.5 Å². The summed E-state index contributed by atoms with van der Waals surface area (Å²) in [6.07, 6.45) is 1.59. The zero-order chi connectivity index (χ0) is 35.3. The van der Waals surface area contributed by atoms with Crippen molar-refractivity contribution in [3.63, 3.8) is 0 Å². The molecule has 0 bridgehead atoms. The number of nitrogens with zero attached hydrogens (tertiary/aromatic N) is 2. The van der Waals surface area contributed by atoms with E-state index in [1.807, 2.05) is 80.7 Å². The van der Waals surface area contributed by atoms with Crippen LogP contribution in [0.4, 0.5) is 0 Å². The van der Waals surface area contributed by atoms with Gasteiger partial charge in [0, 0.05) is 43.3 Å². The first-order valence-electron chi connectivity index (χ1n) is 17.3. The van der Waals surface area contributed by atoms with Crippen LogP contribution in [0.5, 0.6) is 0 Å². The van der Waals surface area contributed by atoms with Gasteiger partial charge in [-0.2, -0.15) is 0 Å². The Hall–Kier alpha value is -3.89. The van der Waals surface area contributed by atoms with Crippen molar-refractivity contribution in [2.24, 2.45) is 0 Å². The van der Waals surface area contributed by atoms with E-state index in [9.17, 15) is 0 Å². The monoisotopic (exact) mass is 775 g/mol. The zero-order valence-corrected chi connectivity index (χ0v) is 28.7. The number of aryl methyl sites for hydroxylation is 1. The molecule has 0 N–H and O–H groups in total. The molecule has 4 aromatic carbocycles. The van der Waals surface area contributed by atoms with E-state index >= 15 is 0 Å². The van der Waals surface area contributed by atoms with Crippen LogP contribution < -0.4 is 5.19 Å². The molecule has 0 aliphatic heterocycles. The fraction of sp³-hybridized carbons (Fsp3) is 0.179. The number of aromatic nitrogens is 2. The first-order chi connectivity index (χ1) is 23.0. The molecule has 0 spiro atoms. The summed E-state index contributed by atoms with van der Waals surface area (Å²) >= 11 is 0. The number of hydrogen-bond donors (Lipinski definition) is 0. The summed E-state index contributed by atoms with van der Waals surface area (Å²) in [7, 11) is -1.50. The molecule has 0 atom stereocenters. The maximum Gasteiger partial charge on any atom is 0.121 e. The predicted molar refractivity (Wildman–Crippen MR) is 184 cm³/mol. The SMILES string of the molecule is [2H]C(C)(C)c1cc(-c2[c-]cccc2)ncc1[Si](C)(C)C.[2H]c1nc(-c2[c-]ccc3c2oc2cc4ccccc4cc23)cc(C([2H])([2H])[2H])c1[2H].[Ir]. The number of rotatable bonds is 4. The van der Waals surface area contributed by atoms with E-state index in [2.05, 4.69) is 53.9 Å². The van der Waals surface area contributed by atoms with Crippen LogP contribution in [-0.4, -0.2) is 18.0 Å². The van der Waals surface area contributed by atoms with Gasteiger partial charge in [0.1, 0.15) is 5.58 Å². The van der Waals surface area contributed by atoms with Crippen molar-refractivity contribution in [3.8, 4) is 22.5 Å². The molecular weight excluding hydrogens is 733 g/mol. The Morgan fingerprint density at radius 3 is 2.34 bits per heavy atom. The fourth-order valence-corrected chi connectivity index (χ4v) is 6.85. The molecule has 44 heavy (non-hydrogen) atoms. The summed E-state index contributed by atoms with van der Waals surface area (Å²) in [5.41, 5.74) is 4.74. The minimum atomic E-state index is -2.51. The minimum absolute atomic E-state index is 0. The Morgan fingerprint density at radius 2 is 1.64 bits per heavy atom. The second-order valence-corrected chi connectivity index (χ2v) is 16.9. The summed E-state index contributed by atoms with van der Waals surface area (Å²) < 4.78 is 53.4. The van der Waals surface area contributed by atoms with Gasteiger partial charge in [0.05, 0.1) is 16.4 Å². The van der Waals surface area contributed by atoms with Gasteiger partial charge in [-0.1, -0.05) is 92.0 Å². The third-order valence-corrected chi connectivity index (χ3v) is 9.45. The second-order valence-electron chi connectivity index (χ2n) is 11.8. The minimum Gasteiger partial charge on any atom is -0.501 e. The maximum absolute atomic E-state index is 8.44. The van der Waals surface area contributed by atoms with Gasteiger partial charge in [-0.25, -0.2) is 0 Å². The molecule has 1 radical (unpaired) electrons. The quantitative estimate of drug-likeness (QED) is 0.132. The summed E-state index contributed by atoms with van der Waals surface area (Å²) in [6.45, 7) is 8.29. The summed E-state index contributed by atoms with van der Waals surface area (Å²) in [5, 5.41) is 5.22. The molecule has 7 rings (SSSR count). The van der Waals surface area contributed by atoms with Gasteiger partial charge in [0.15, 0.2) is 0 Å². The van der Waals surface area contributed by atoms with Crippen molar-refractivity contribution in [2.75, 3.05) is 0 Å². The third kappa shape index (κ3) is 6.46. The fourth-order valence-electron chi connectivity index (χ4n) is 5.27. The van der Waals surface area contributed by atoms with Crippen molar-refractivity contribution in [2.45, 2.75) is 46.2 Å². The topological polar surface area (TPSA) is 38.9 Å². The van der Waals surface area contributed by atoms with Gasteiger partial charge >= 0.3 is 0 Å².